The molecule has 1 N–H and O–H groups in total. The predicted molar refractivity (Wildman–Crippen MR) is 68.9 cm³/mol. The molecule has 1 aliphatic rings. The van der Waals surface area contributed by atoms with E-state index in [9.17, 15) is 8.42 Å². The van der Waals surface area contributed by atoms with Crippen molar-refractivity contribution in [3.8, 4) is 0 Å². The monoisotopic (exact) mass is 294 g/mol. The average molecular weight is 295 g/mol. The SMILES string of the molecule is Cc1nc(Cl)sc1S(=O)(=O)NCC1CC1(C)C. The molecule has 1 aliphatic carbocycles. The first-order valence-corrected chi connectivity index (χ1v) is 8.03. The van der Waals surface area contributed by atoms with Crippen LogP contribution in [-0.4, -0.2) is 19.9 Å². The molecular formula is C10H15ClN2O2S2. The second-order valence-electron chi connectivity index (χ2n) is 5.08. The first-order valence-electron chi connectivity index (χ1n) is 5.35. The van der Waals surface area contributed by atoms with E-state index in [1.807, 2.05) is 0 Å². The average Bonchev–Trinajstić information content (AvgIpc) is 2.63. The summed E-state index contributed by atoms with van der Waals surface area (Å²) in [6.07, 6.45) is 1.07. The fourth-order valence-corrected chi connectivity index (χ4v) is 4.66. The molecule has 0 spiro atoms. The molecule has 0 saturated heterocycles. The van der Waals surface area contributed by atoms with Crippen LogP contribution in [0, 0.1) is 18.3 Å². The van der Waals surface area contributed by atoms with Gasteiger partial charge in [0, 0.05) is 6.54 Å². The molecule has 17 heavy (non-hydrogen) atoms. The molecule has 0 bridgehead atoms. The highest BCUT2D eigenvalue weighted by atomic mass is 35.5. The van der Waals surface area contributed by atoms with E-state index >= 15 is 0 Å². The van der Waals surface area contributed by atoms with Gasteiger partial charge in [-0.2, -0.15) is 0 Å². The second-order valence-corrected chi connectivity index (χ2v) is 8.62. The summed E-state index contributed by atoms with van der Waals surface area (Å²) < 4.78 is 27.1. The number of nitrogens with one attached hydrogen (secondary N) is 1. The Labute approximate surface area is 110 Å². The Morgan fingerprint density at radius 1 is 1.59 bits per heavy atom. The minimum Gasteiger partial charge on any atom is -0.229 e. The highest BCUT2D eigenvalue weighted by Crippen LogP contribution is 2.51. The molecule has 1 fully saturated rings. The van der Waals surface area contributed by atoms with E-state index in [0.29, 0.717) is 18.2 Å². The van der Waals surface area contributed by atoms with Crippen LogP contribution in [0.3, 0.4) is 0 Å². The van der Waals surface area contributed by atoms with Crippen LogP contribution in [0.1, 0.15) is 26.0 Å². The molecular weight excluding hydrogens is 280 g/mol. The van der Waals surface area contributed by atoms with Crippen molar-refractivity contribution in [3.63, 3.8) is 0 Å². The third kappa shape index (κ3) is 2.81. The van der Waals surface area contributed by atoms with E-state index in [1.54, 1.807) is 6.92 Å². The molecule has 96 valence electrons. The second kappa shape index (κ2) is 4.19. The molecule has 0 radical (unpaired) electrons. The standard InChI is InChI=1S/C10H15ClN2O2S2/c1-6-8(16-9(11)13-6)17(14,15)12-5-7-4-10(7,2)3/h7,12H,4-5H2,1-3H3. The quantitative estimate of drug-likeness (QED) is 0.928. The molecule has 1 aromatic rings. The minimum atomic E-state index is -3.45. The Balaban J connectivity index is 2.07. The van der Waals surface area contributed by atoms with Crippen LogP contribution in [0.25, 0.3) is 0 Å². The summed E-state index contributed by atoms with van der Waals surface area (Å²) in [6, 6.07) is 0. The van der Waals surface area contributed by atoms with Gasteiger partial charge < -0.3 is 0 Å². The zero-order valence-electron chi connectivity index (χ0n) is 9.95. The van der Waals surface area contributed by atoms with E-state index in [2.05, 4.69) is 23.6 Å². The summed E-state index contributed by atoms with van der Waals surface area (Å²) in [5.74, 6) is 0.431. The van der Waals surface area contributed by atoms with E-state index in [1.165, 1.54) is 0 Å². The van der Waals surface area contributed by atoms with Crippen LogP contribution in [0.4, 0.5) is 0 Å². The number of aryl methyl sites for hydroxylation is 1. The van der Waals surface area contributed by atoms with Crippen LogP contribution in [0.5, 0.6) is 0 Å². The normalized spacial score (nSPS) is 22.7. The first-order chi connectivity index (χ1) is 7.72. The van der Waals surface area contributed by atoms with Crippen LogP contribution in [0.15, 0.2) is 4.21 Å². The number of nitrogens with zero attached hydrogens (tertiary/aromatic N) is 1. The number of aromatic nitrogens is 1. The topological polar surface area (TPSA) is 59.1 Å². The number of hydrogen-bond acceptors (Lipinski definition) is 4. The Kier molecular flexibility index (Phi) is 3.27. The van der Waals surface area contributed by atoms with E-state index in [4.69, 9.17) is 11.6 Å². The minimum absolute atomic E-state index is 0.223. The highest BCUT2D eigenvalue weighted by Gasteiger charge is 2.45. The van der Waals surface area contributed by atoms with E-state index < -0.39 is 10.0 Å². The summed E-state index contributed by atoms with van der Waals surface area (Å²) in [7, 11) is -3.45. The zero-order valence-corrected chi connectivity index (χ0v) is 12.3. The molecule has 1 aromatic heterocycles. The lowest BCUT2D eigenvalue weighted by atomic mass is 10.1. The number of thiazole rings is 1. The molecule has 1 saturated carbocycles. The van der Waals surface area contributed by atoms with Crippen molar-refractivity contribution in [1.29, 1.82) is 0 Å². The largest absolute Gasteiger partial charge is 0.251 e. The Morgan fingerprint density at radius 3 is 2.59 bits per heavy atom. The van der Waals surface area contributed by atoms with Gasteiger partial charge in [-0.15, -0.1) is 0 Å². The number of sulfonamides is 1. The van der Waals surface area contributed by atoms with Crippen LogP contribution in [-0.2, 0) is 10.0 Å². The highest BCUT2D eigenvalue weighted by molar-refractivity contribution is 7.91. The molecule has 4 nitrogen and oxygen atoms in total. The van der Waals surface area contributed by atoms with Crippen LogP contribution >= 0.6 is 22.9 Å². The van der Waals surface area contributed by atoms with Gasteiger partial charge in [0.2, 0.25) is 0 Å². The van der Waals surface area contributed by atoms with Crippen molar-refractivity contribution in [1.82, 2.24) is 9.71 Å². The summed E-state index contributed by atoms with van der Waals surface area (Å²) in [5.41, 5.74) is 0.727. The van der Waals surface area contributed by atoms with Crippen molar-refractivity contribution >= 4 is 33.0 Å². The van der Waals surface area contributed by atoms with Crippen LogP contribution in [0.2, 0.25) is 4.47 Å². The van der Waals surface area contributed by atoms with Crippen molar-refractivity contribution in [2.45, 2.75) is 31.4 Å². The van der Waals surface area contributed by atoms with Gasteiger partial charge in [0.1, 0.15) is 0 Å². The van der Waals surface area contributed by atoms with Gasteiger partial charge in [-0.3, -0.25) is 0 Å². The molecule has 0 aliphatic heterocycles. The summed E-state index contributed by atoms with van der Waals surface area (Å²) in [5, 5.41) is 0. The maximum absolute atomic E-state index is 12.0. The maximum Gasteiger partial charge on any atom is 0.251 e. The lowest BCUT2D eigenvalue weighted by Gasteiger charge is -2.06. The van der Waals surface area contributed by atoms with Gasteiger partial charge in [-0.05, 0) is 24.7 Å². The van der Waals surface area contributed by atoms with Gasteiger partial charge in [0.05, 0.1) is 5.69 Å². The summed E-state index contributed by atoms with van der Waals surface area (Å²) >= 11 is 6.70. The zero-order chi connectivity index (χ0) is 12.8. The Hall–Kier alpha value is -0.170. The fraction of sp³-hybridized carbons (Fsp3) is 0.700. The number of rotatable bonds is 4. The Bertz CT molecular complexity index is 537. The van der Waals surface area contributed by atoms with Gasteiger partial charge in [0.15, 0.2) is 8.68 Å². The summed E-state index contributed by atoms with van der Waals surface area (Å²) in [4.78, 5) is 3.91. The maximum atomic E-state index is 12.0. The van der Waals surface area contributed by atoms with E-state index in [-0.39, 0.29) is 14.1 Å². The molecule has 2 rings (SSSR count). The van der Waals surface area contributed by atoms with Gasteiger partial charge in [-0.25, -0.2) is 18.1 Å². The third-order valence-corrected chi connectivity index (χ3v) is 6.50. The van der Waals surface area contributed by atoms with Crippen molar-refractivity contribution in [2.75, 3.05) is 6.54 Å². The van der Waals surface area contributed by atoms with Gasteiger partial charge >= 0.3 is 0 Å². The van der Waals surface area contributed by atoms with Gasteiger partial charge in [0.25, 0.3) is 10.0 Å². The van der Waals surface area contributed by atoms with E-state index in [0.717, 1.165) is 17.8 Å². The number of halogens is 1. The fourth-order valence-electron chi connectivity index (χ4n) is 1.80. The molecule has 1 atom stereocenters. The lowest BCUT2D eigenvalue weighted by Crippen LogP contribution is -2.26. The molecule has 0 amide bonds. The lowest BCUT2D eigenvalue weighted by molar-refractivity contribution is 0.538. The molecule has 1 heterocycles. The Morgan fingerprint density at radius 2 is 2.18 bits per heavy atom. The molecule has 7 heteroatoms. The van der Waals surface area contributed by atoms with Crippen molar-refractivity contribution in [3.05, 3.63) is 10.2 Å². The summed E-state index contributed by atoms with van der Waals surface area (Å²) in [6.45, 7) is 6.42. The smallest absolute Gasteiger partial charge is 0.229 e. The molecule has 1 unspecified atom stereocenters. The predicted octanol–water partition coefficient (Wildman–Crippen LogP) is 2.43. The molecule has 0 aromatic carbocycles. The van der Waals surface area contributed by atoms with Crippen molar-refractivity contribution in [2.24, 2.45) is 11.3 Å². The van der Waals surface area contributed by atoms with Crippen molar-refractivity contribution < 1.29 is 8.42 Å². The van der Waals surface area contributed by atoms with Gasteiger partial charge in [-0.1, -0.05) is 36.8 Å². The third-order valence-electron chi connectivity index (χ3n) is 3.21. The first kappa shape index (κ1) is 13.3. The number of hydrogen-bond donors (Lipinski definition) is 1. The van der Waals surface area contributed by atoms with Crippen LogP contribution < -0.4 is 4.72 Å².